The van der Waals surface area contributed by atoms with E-state index in [2.05, 4.69) is 22.1 Å². The molecule has 0 bridgehead atoms. The van der Waals surface area contributed by atoms with Gasteiger partial charge in [-0.1, -0.05) is 30.3 Å². The molecule has 0 N–H and O–H groups in total. The van der Waals surface area contributed by atoms with Gasteiger partial charge < -0.3 is 4.90 Å². The Labute approximate surface area is 174 Å². The number of fused-ring (bicyclic) bond motifs is 2. The number of piperidine rings is 1. The second-order valence-electron chi connectivity index (χ2n) is 8.19. The van der Waals surface area contributed by atoms with Gasteiger partial charge >= 0.3 is 0 Å². The monoisotopic (exact) mass is 404 g/mol. The van der Waals surface area contributed by atoms with Crippen molar-refractivity contribution in [2.24, 2.45) is 0 Å². The molecule has 5 nitrogen and oxygen atoms in total. The van der Waals surface area contributed by atoms with E-state index >= 15 is 0 Å². The molecule has 6 heteroatoms. The van der Waals surface area contributed by atoms with Gasteiger partial charge in [0, 0.05) is 36.5 Å². The smallest absolute Gasteiger partial charge is 0.273 e. The zero-order chi connectivity index (χ0) is 19.8. The fraction of sp³-hybridized carbons (Fsp3) is 0.391. The Morgan fingerprint density at radius 2 is 2.07 bits per heavy atom. The highest BCUT2D eigenvalue weighted by Crippen LogP contribution is 2.44. The van der Waals surface area contributed by atoms with Crippen molar-refractivity contribution in [1.82, 2.24) is 19.9 Å². The molecule has 3 aromatic rings. The number of aromatic nitrogens is 3. The van der Waals surface area contributed by atoms with Gasteiger partial charge in [-0.2, -0.15) is 0 Å². The third-order valence-electron chi connectivity index (χ3n) is 6.19. The van der Waals surface area contributed by atoms with Crippen molar-refractivity contribution in [2.45, 2.75) is 44.4 Å². The summed E-state index contributed by atoms with van der Waals surface area (Å²) in [4.78, 5) is 29.0. The van der Waals surface area contributed by atoms with Gasteiger partial charge in [0.1, 0.15) is 11.5 Å². The molecule has 1 fully saturated rings. The van der Waals surface area contributed by atoms with E-state index in [0.717, 1.165) is 56.0 Å². The second-order valence-corrected chi connectivity index (χ2v) is 9.13. The van der Waals surface area contributed by atoms with Crippen LogP contribution in [-0.2, 0) is 18.3 Å². The number of carbonyl (C=O) groups excluding carboxylic acids is 1. The highest BCUT2D eigenvalue weighted by atomic mass is 32.1. The van der Waals surface area contributed by atoms with Crippen molar-refractivity contribution >= 4 is 17.2 Å². The van der Waals surface area contributed by atoms with Crippen LogP contribution in [0.2, 0.25) is 0 Å². The first-order valence-corrected chi connectivity index (χ1v) is 11.1. The Bertz CT molecular complexity index is 1040. The minimum atomic E-state index is -0.0141. The number of nitrogens with zero attached hydrogens (tertiary/aromatic N) is 4. The van der Waals surface area contributed by atoms with Crippen molar-refractivity contribution in [3.8, 4) is 0 Å². The fourth-order valence-electron chi connectivity index (χ4n) is 4.75. The molecule has 3 heterocycles. The lowest BCUT2D eigenvalue weighted by atomic mass is 9.77. The van der Waals surface area contributed by atoms with Crippen molar-refractivity contribution in [3.63, 3.8) is 0 Å². The highest BCUT2D eigenvalue weighted by molar-refractivity contribution is 7.09. The van der Waals surface area contributed by atoms with E-state index in [-0.39, 0.29) is 11.3 Å². The lowest BCUT2D eigenvalue weighted by Crippen LogP contribution is -2.48. The molecule has 29 heavy (non-hydrogen) atoms. The summed E-state index contributed by atoms with van der Waals surface area (Å²) in [6, 6.07) is 10.3. The zero-order valence-corrected chi connectivity index (χ0v) is 17.4. The quantitative estimate of drug-likeness (QED) is 0.663. The Morgan fingerprint density at radius 1 is 1.21 bits per heavy atom. The summed E-state index contributed by atoms with van der Waals surface area (Å²) in [6.45, 7) is 3.48. The molecule has 1 aliphatic heterocycles. The molecule has 1 aliphatic carbocycles. The molecule has 2 aliphatic rings. The molecule has 1 spiro atoms. The summed E-state index contributed by atoms with van der Waals surface area (Å²) in [6.07, 6.45) is 6.91. The Morgan fingerprint density at radius 3 is 2.93 bits per heavy atom. The molecule has 148 valence electrons. The maximum Gasteiger partial charge on any atom is 0.273 e. The minimum absolute atomic E-state index is 0.0141. The molecule has 1 amide bonds. The second kappa shape index (κ2) is 7.34. The number of rotatable bonds is 3. The van der Waals surface area contributed by atoms with Gasteiger partial charge in [0.05, 0.1) is 10.7 Å². The number of likely N-dealkylation sites (tertiary alicyclic amines) is 1. The van der Waals surface area contributed by atoms with Crippen LogP contribution in [0.1, 0.15) is 57.4 Å². The molecule has 0 radical (unpaired) electrons. The van der Waals surface area contributed by atoms with E-state index < -0.39 is 0 Å². The predicted molar refractivity (Wildman–Crippen MR) is 113 cm³/mol. The van der Waals surface area contributed by atoms with Crippen molar-refractivity contribution in [3.05, 3.63) is 75.3 Å². The number of hydrogen-bond donors (Lipinski definition) is 0. The van der Waals surface area contributed by atoms with Gasteiger partial charge in [-0.25, -0.2) is 15.0 Å². The minimum Gasteiger partial charge on any atom is -0.336 e. The highest BCUT2D eigenvalue weighted by Gasteiger charge is 2.44. The number of hydrogen-bond acceptors (Lipinski definition) is 5. The van der Waals surface area contributed by atoms with Crippen LogP contribution >= 0.6 is 11.3 Å². The number of benzene rings is 1. The summed E-state index contributed by atoms with van der Waals surface area (Å²) in [5.41, 5.74) is 4.21. The first-order chi connectivity index (χ1) is 14.1. The Kier molecular flexibility index (Phi) is 4.66. The average Bonchev–Trinajstić information content (AvgIpc) is 3.34. The maximum atomic E-state index is 13.2. The van der Waals surface area contributed by atoms with E-state index in [1.807, 2.05) is 41.6 Å². The van der Waals surface area contributed by atoms with Gasteiger partial charge in [0.25, 0.3) is 5.91 Å². The van der Waals surface area contributed by atoms with Crippen LogP contribution in [0, 0.1) is 6.92 Å². The Hall–Kier alpha value is -2.60. The number of carbonyl (C=O) groups is 1. The third-order valence-corrected chi connectivity index (χ3v) is 7.04. The van der Waals surface area contributed by atoms with E-state index in [9.17, 15) is 4.79 Å². The van der Waals surface area contributed by atoms with Crippen LogP contribution in [0.25, 0.3) is 0 Å². The zero-order valence-electron chi connectivity index (χ0n) is 16.6. The summed E-state index contributed by atoms with van der Waals surface area (Å²) >= 11 is 1.57. The molecule has 0 saturated carbocycles. The molecule has 1 aromatic carbocycles. The van der Waals surface area contributed by atoms with Crippen molar-refractivity contribution < 1.29 is 4.79 Å². The Balaban J connectivity index is 1.35. The lowest BCUT2D eigenvalue weighted by Gasteiger charge is -2.40. The van der Waals surface area contributed by atoms with Crippen molar-refractivity contribution in [2.75, 3.05) is 13.1 Å². The number of thiazole rings is 1. The first kappa shape index (κ1) is 18.4. The molecular formula is C23H24N4OS. The van der Waals surface area contributed by atoms with Gasteiger partial charge in [0.15, 0.2) is 0 Å². The van der Waals surface area contributed by atoms with Gasteiger partial charge in [-0.3, -0.25) is 4.79 Å². The normalized spacial score (nSPS) is 20.8. The summed E-state index contributed by atoms with van der Waals surface area (Å²) in [5.74, 6) is 0.873. The predicted octanol–water partition coefficient (Wildman–Crippen LogP) is 3.95. The number of amides is 1. The summed E-state index contributed by atoms with van der Waals surface area (Å²) in [5, 5.41) is 2.90. The topological polar surface area (TPSA) is 59.0 Å². The SMILES string of the molecule is Cc1ncc2c(n1)C1(CCCN(C(=O)c3csc(Cc4ccccc4)n3)C1)CC2. The van der Waals surface area contributed by atoms with Crippen LogP contribution in [0.3, 0.4) is 0 Å². The van der Waals surface area contributed by atoms with Gasteiger partial charge in [-0.05, 0) is 43.7 Å². The molecule has 1 atom stereocenters. The third kappa shape index (κ3) is 3.46. The lowest BCUT2D eigenvalue weighted by molar-refractivity contribution is 0.0628. The molecular weight excluding hydrogens is 380 g/mol. The standard InChI is InChI=1S/C23H24N4OS/c1-16-24-13-18-8-10-23(21(18)25-16)9-5-11-27(15-23)22(28)19-14-29-20(26-19)12-17-6-3-2-4-7-17/h2-4,6-7,13-14H,5,8-12,15H2,1H3. The molecule has 1 unspecified atom stereocenters. The van der Waals surface area contributed by atoms with Crippen molar-refractivity contribution in [1.29, 1.82) is 0 Å². The van der Waals surface area contributed by atoms with E-state index in [0.29, 0.717) is 5.69 Å². The van der Waals surface area contributed by atoms with Crippen LogP contribution in [-0.4, -0.2) is 38.8 Å². The van der Waals surface area contributed by atoms with E-state index in [1.165, 1.54) is 16.8 Å². The van der Waals surface area contributed by atoms with Gasteiger partial charge in [0.2, 0.25) is 0 Å². The average molecular weight is 405 g/mol. The van der Waals surface area contributed by atoms with Gasteiger partial charge in [-0.15, -0.1) is 11.3 Å². The largest absolute Gasteiger partial charge is 0.336 e. The van der Waals surface area contributed by atoms with Crippen LogP contribution < -0.4 is 0 Å². The van der Waals surface area contributed by atoms with Crippen LogP contribution in [0.5, 0.6) is 0 Å². The van der Waals surface area contributed by atoms with Crippen LogP contribution in [0.4, 0.5) is 0 Å². The van der Waals surface area contributed by atoms with E-state index in [4.69, 9.17) is 4.98 Å². The summed E-state index contributed by atoms with van der Waals surface area (Å²) in [7, 11) is 0. The fourth-order valence-corrected chi connectivity index (χ4v) is 5.56. The van der Waals surface area contributed by atoms with E-state index in [1.54, 1.807) is 11.3 Å². The van der Waals surface area contributed by atoms with Crippen LogP contribution in [0.15, 0.2) is 41.9 Å². The first-order valence-electron chi connectivity index (χ1n) is 10.2. The molecule has 1 saturated heterocycles. The summed E-state index contributed by atoms with van der Waals surface area (Å²) < 4.78 is 0. The molecule has 5 rings (SSSR count). The molecule has 2 aromatic heterocycles. The maximum absolute atomic E-state index is 13.2. The number of aryl methyl sites for hydroxylation is 2.